The number of hydrogen-bond donors (Lipinski definition) is 2. The minimum absolute atomic E-state index is 0.433. The van der Waals surface area contributed by atoms with E-state index in [1.54, 1.807) is 0 Å². The lowest BCUT2D eigenvalue weighted by Gasteiger charge is -2.42. The molecule has 1 heterocycles. The zero-order valence-electron chi connectivity index (χ0n) is 18.2. The van der Waals surface area contributed by atoms with Crippen molar-refractivity contribution in [3.05, 3.63) is 93.9 Å². The third-order valence-corrected chi connectivity index (χ3v) is 6.48. The van der Waals surface area contributed by atoms with Gasteiger partial charge < -0.3 is 10.6 Å². The summed E-state index contributed by atoms with van der Waals surface area (Å²) in [7, 11) is 0. The first-order valence-electron chi connectivity index (χ1n) is 10.7. The summed E-state index contributed by atoms with van der Waals surface area (Å²) in [6.45, 7) is 9.70. The molecular formula is C27H28N4. The van der Waals surface area contributed by atoms with Crippen molar-refractivity contribution in [3.8, 4) is 6.07 Å². The van der Waals surface area contributed by atoms with Crippen LogP contribution in [0.3, 0.4) is 0 Å². The predicted octanol–water partition coefficient (Wildman–Crippen LogP) is 5.10. The van der Waals surface area contributed by atoms with E-state index in [2.05, 4.69) is 41.5 Å². The van der Waals surface area contributed by atoms with Gasteiger partial charge >= 0.3 is 0 Å². The molecular weight excluding hydrogens is 380 g/mol. The smallest absolute Gasteiger partial charge is 0.0991 e. The number of rotatable bonds is 6. The molecule has 1 aliphatic heterocycles. The molecule has 1 saturated carbocycles. The number of nitrogens with zero attached hydrogens (tertiary/aromatic N) is 2. The molecule has 3 N–H and O–H groups in total. The van der Waals surface area contributed by atoms with Crippen LogP contribution < -0.4 is 5.73 Å². The first kappa shape index (κ1) is 20.7. The summed E-state index contributed by atoms with van der Waals surface area (Å²) >= 11 is 0. The topological polar surface area (TPSA) is 76.9 Å². The minimum Gasteiger partial charge on any atom is -0.402 e. The third kappa shape index (κ3) is 4.06. The van der Waals surface area contributed by atoms with Crippen LogP contribution in [0.15, 0.2) is 66.0 Å². The van der Waals surface area contributed by atoms with Gasteiger partial charge in [-0.05, 0) is 67.5 Å². The van der Waals surface area contributed by atoms with E-state index in [9.17, 15) is 0 Å². The molecule has 0 radical (unpaired) electrons. The Kier molecular flexibility index (Phi) is 5.55. The van der Waals surface area contributed by atoms with Crippen LogP contribution in [0.4, 0.5) is 0 Å². The summed E-state index contributed by atoms with van der Waals surface area (Å²) in [6, 6.07) is 16.2. The zero-order valence-corrected chi connectivity index (χ0v) is 18.2. The van der Waals surface area contributed by atoms with Crippen molar-refractivity contribution < 1.29 is 0 Å². The number of nitrogens with one attached hydrogen (secondary N) is 1. The molecule has 31 heavy (non-hydrogen) atoms. The maximum Gasteiger partial charge on any atom is 0.0991 e. The van der Waals surface area contributed by atoms with Crippen molar-refractivity contribution in [1.82, 2.24) is 4.90 Å². The van der Waals surface area contributed by atoms with Crippen LogP contribution in [0.1, 0.15) is 53.5 Å². The Hall–Kier alpha value is -3.54. The van der Waals surface area contributed by atoms with Gasteiger partial charge in [-0.3, -0.25) is 5.41 Å². The van der Waals surface area contributed by atoms with Gasteiger partial charge in [0.1, 0.15) is 0 Å². The van der Waals surface area contributed by atoms with Crippen molar-refractivity contribution in [1.29, 1.82) is 10.7 Å². The summed E-state index contributed by atoms with van der Waals surface area (Å²) in [4.78, 5) is 2.27. The summed E-state index contributed by atoms with van der Waals surface area (Å²) in [6.07, 6.45) is 2.27. The molecule has 0 atom stereocenters. The second kappa shape index (κ2) is 8.30. The highest BCUT2D eigenvalue weighted by Gasteiger charge is 2.31. The summed E-state index contributed by atoms with van der Waals surface area (Å²) in [5.74, 6) is 0.885. The van der Waals surface area contributed by atoms with Crippen LogP contribution in [-0.2, 0) is 0 Å². The quantitative estimate of drug-likeness (QED) is 0.515. The van der Waals surface area contributed by atoms with Crippen molar-refractivity contribution in [2.45, 2.75) is 32.6 Å². The standard InChI is InChI=1S/C27H28N4/c1-4-25(31-15-23(16-31)20-9-6-19(14-28)7-10-20)22-8-5-17(2)24(13-22)27(30)18(3)26(29)21-11-12-21/h5-10,13,21,23,30H,1,11-12,15-16,29H2,2-3H3/b26-18-,30-27?. The Bertz CT molecular complexity index is 1150. The molecule has 2 fully saturated rings. The molecule has 0 unspecified atom stereocenters. The van der Waals surface area contributed by atoms with Crippen molar-refractivity contribution in [3.63, 3.8) is 0 Å². The number of nitriles is 1. The number of likely N-dealkylation sites (tertiary alicyclic amines) is 1. The number of aryl methyl sites for hydroxylation is 1. The molecule has 0 aromatic heterocycles. The Labute approximate surface area is 184 Å². The summed E-state index contributed by atoms with van der Waals surface area (Å²) in [5, 5.41) is 17.7. The van der Waals surface area contributed by atoms with Gasteiger partial charge in [-0.1, -0.05) is 30.8 Å². The van der Waals surface area contributed by atoms with Gasteiger partial charge in [-0.2, -0.15) is 5.26 Å². The molecule has 0 bridgehead atoms. The summed E-state index contributed by atoms with van der Waals surface area (Å²) in [5.41, 5.74) is 17.6. The molecule has 4 heteroatoms. The highest BCUT2D eigenvalue weighted by molar-refractivity contribution is 6.11. The highest BCUT2D eigenvalue weighted by Crippen LogP contribution is 2.37. The lowest BCUT2D eigenvalue weighted by Crippen LogP contribution is -2.43. The number of allylic oxidation sites excluding steroid dienone is 2. The fraction of sp³-hybridized carbons (Fsp3) is 0.296. The van der Waals surface area contributed by atoms with Crippen LogP contribution in [0.2, 0.25) is 0 Å². The average molecular weight is 409 g/mol. The Morgan fingerprint density at radius 2 is 1.84 bits per heavy atom. The fourth-order valence-electron chi connectivity index (χ4n) is 4.18. The average Bonchev–Trinajstić information content (AvgIpc) is 3.60. The third-order valence-electron chi connectivity index (χ3n) is 6.48. The van der Waals surface area contributed by atoms with E-state index in [0.29, 0.717) is 23.1 Å². The van der Waals surface area contributed by atoms with Crippen LogP contribution >= 0.6 is 0 Å². The Balaban J connectivity index is 1.53. The number of hydrogen-bond acceptors (Lipinski definition) is 4. The second-order valence-corrected chi connectivity index (χ2v) is 8.62. The van der Waals surface area contributed by atoms with E-state index in [1.807, 2.05) is 38.1 Å². The first-order valence-corrected chi connectivity index (χ1v) is 10.7. The van der Waals surface area contributed by atoms with E-state index in [1.165, 1.54) is 5.56 Å². The monoisotopic (exact) mass is 408 g/mol. The normalized spacial score (nSPS) is 16.6. The Morgan fingerprint density at radius 1 is 1.16 bits per heavy atom. The molecule has 0 spiro atoms. The van der Waals surface area contributed by atoms with Crippen molar-refractivity contribution >= 4 is 11.4 Å². The van der Waals surface area contributed by atoms with Crippen LogP contribution in [-0.4, -0.2) is 23.7 Å². The molecule has 1 aliphatic carbocycles. The molecule has 2 aliphatic rings. The molecule has 1 saturated heterocycles. The molecule has 156 valence electrons. The van der Waals surface area contributed by atoms with Gasteiger partial charge in [0.05, 0.1) is 23.0 Å². The van der Waals surface area contributed by atoms with E-state index in [4.69, 9.17) is 16.4 Å². The zero-order chi connectivity index (χ0) is 22.1. The summed E-state index contributed by atoms with van der Waals surface area (Å²) < 4.78 is 0. The van der Waals surface area contributed by atoms with E-state index in [0.717, 1.165) is 59.6 Å². The Morgan fingerprint density at radius 3 is 2.42 bits per heavy atom. The van der Waals surface area contributed by atoms with Gasteiger partial charge in [0.25, 0.3) is 0 Å². The second-order valence-electron chi connectivity index (χ2n) is 8.62. The maximum absolute atomic E-state index is 8.98. The first-order chi connectivity index (χ1) is 14.9. The van der Waals surface area contributed by atoms with Gasteiger partial charge in [-0.15, -0.1) is 5.73 Å². The molecule has 4 nitrogen and oxygen atoms in total. The lowest BCUT2D eigenvalue weighted by molar-refractivity contribution is 0.237. The number of benzene rings is 2. The SMILES string of the molecule is C=C=C(c1ccc(C)c(C(=N)/C(C)=C(\N)C2CC2)c1)N1CC(c2ccc(C#N)cc2)C1. The molecule has 4 rings (SSSR count). The van der Waals surface area contributed by atoms with Gasteiger partial charge in [0.2, 0.25) is 0 Å². The van der Waals surface area contributed by atoms with Crippen LogP contribution in [0.5, 0.6) is 0 Å². The van der Waals surface area contributed by atoms with Crippen molar-refractivity contribution in [2.24, 2.45) is 11.7 Å². The number of nitrogens with two attached hydrogens (primary N) is 1. The highest BCUT2D eigenvalue weighted by atomic mass is 15.2. The maximum atomic E-state index is 8.98. The fourth-order valence-corrected chi connectivity index (χ4v) is 4.18. The van der Waals surface area contributed by atoms with Gasteiger partial charge in [-0.25, -0.2) is 0 Å². The molecule has 0 amide bonds. The van der Waals surface area contributed by atoms with Crippen molar-refractivity contribution in [2.75, 3.05) is 13.1 Å². The van der Waals surface area contributed by atoms with E-state index in [-0.39, 0.29) is 0 Å². The molecule has 2 aromatic carbocycles. The largest absolute Gasteiger partial charge is 0.402 e. The van der Waals surface area contributed by atoms with Crippen LogP contribution in [0, 0.1) is 29.6 Å². The van der Waals surface area contributed by atoms with Gasteiger partial charge in [0, 0.05) is 35.8 Å². The van der Waals surface area contributed by atoms with Gasteiger partial charge in [0.15, 0.2) is 0 Å². The van der Waals surface area contributed by atoms with E-state index >= 15 is 0 Å². The minimum atomic E-state index is 0.433. The van der Waals surface area contributed by atoms with Crippen LogP contribution in [0.25, 0.3) is 5.70 Å². The lowest BCUT2D eigenvalue weighted by atomic mass is 9.89. The predicted molar refractivity (Wildman–Crippen MR) is 126 cm³/mol. The van der Waals surface area contributed by atoms with E-state index < -0.39 is 0 Å². The molecule has 2 aromatic rings.